The Morgan fingerprint density at radius 2 is 1.59 bits per heavy atom. The van der Waals surface area contributed by atoms with Gasteiger partial charge in [0, 0.05) is 56.4 Å². The van der Waals surface area contributed by atoms with Crippen LogP contribution < -0.4 is 0 Å². The molecule has 1 fully saturated rings. The summed E-state index contributed by atoms with van der Waals surface area (Å²) in [6.45, 7) is 6.81. The third kappa shape index (κ3) is 4.39. The number of hydrogen-bond acceptors (Lipinski definition) is 3. The highest BCUT2D eigenvalue weighted by molar-refractivity contribution is 5.84. The Labute approximate surface area is 161 Å². The summed E-state index contributed by atoms with van der Waals surface area (Å²) < 4.78 is 0. The number of nitrogens with zero attached hydrogens (tertiary/aromatic N) is 3. The molecule has 0 amide bonds. The summed E-state index contributed by atoms with van der Waals surface area (Å²) >= 11 is 0. The molecule has 0 saturated carbocycles. The summed E-state index contributed by atoms with van der Waals surface area (Å²) in [7, 11) is 0. The third-order valence-corrected chi connectivity index (χ3v) is 5.62. The first-order valence-electron chi connectivity index (χ1n) is 9.80. The zero-order valence-corrected chi connectivity index (χ0v) is 15.7. The van der Waals surface area contributed by atoms with Crippen molar-refractivity contribution in [2.45, 2.75) is 12.8 Å². The normalized spacial score (nSPS) is 15.8. The molecular weight excluding hydrogens is 332 g/mol. The number of piperazine rings is 1. The zero-order valence-electron chi connectivity index (χ0n) is 15.7. The van der Waals surface area contributed by atoms with Crippen molar-refractivity contribution < 1.29 is 0 Å². The van der Waals surface area contributed by atoms with Crippen molar-refractivity contribution in [3.05, 3.63) is 71.4 Å². The highest BCUT2D eigenvalue weighted by atomic mass is 15.3. The molecular formula is C23H26N4. The van der Waals surface area contributed by atoms with Gasteiger partial charge in [-0.05, 0) is 42.2 Å². The number of nitrogens with one attached hydrogen (secondary N) is 1. The molecule has 0 bridgehead atoms. The summed E-state index contributed by atoms with van der Waals surface area (Å²) in [5.41, 5.74) is 4.59. The number of fused-ring (bicyclic) bond motifs is 1. The van der Waals surface area contributed by atoms with Crippen LogP contribution in [0.3, 0.4) is 0 Å². The molecule has 4 nitrogen and oxygen atoms in total. The Balaban J connectivity index is 1.26. The molecule has 2 aromatic carbocycles. The lowest BCUT2D eigenvalue weighted by molar-refractivity contribution is 0.134. The van der Waals surface area contributed by atoms with Crippen LogP contribution in [0.2, 0.25) is 0 Å². The summed E-state index contributed by atoms with van der Waals surface area (Å²) in [4.78, 5) is 8.47. The quantitative estimate of drug-likeness (QED) is 0.734. The van der Waals surface area contributed by atoms with Gasteiger partial charge in [0.2, 0.25) is 0 Å². The van der Waals surface area contributed by atoms with E-state index in [4.69, 9.17) is 5.26 Å². The fourth-order valence-electron chi connectivity index (χ4n) is 3.90. The van der Waals surface area contributed by atoms with Crippen LogP contribution >= 0.6 is 0 Å². The van der Waals surface area contributed by atoms with Gasteiger partial charge in [-0.15, -0.1) is 0 Å². The van der Waals surface area contributed by atoms with E-state index in [0.717, 1.165) is 63.2 Å². The van der Waals surface area contributed by atoms with Crippen LogP contribution in [0.4, 0.5) is 0 Å². The van der Waals surface area contributed by atoms with Crippen LogP contribution in [0.15, 0.2) is 54.7 Å². The first-order chi connectivity index (χ1) is 13.3. The summed E-state index contributed by atoms with van der Waals surface area (Å²) in [6.07, 6.45) is 4.26. The van der Waals surface area contributed by atoms with Gasteiger partial charge in [0.05, 0.1) is 11.6 Å². The van der Waals surface area contributed by atoms with Gasteiger partial charge in [-0.25, -0.2) is 0 Å². The average molecular weight is 358 g/mol. The van der Waals surface area contributed by atoms with Gasteiger partial charge >= 0.3 is 0 Å². The molecule has 0 aliphatic carbocycles. The Morgan fingerprint density at radius 1 is 0.889 bits per heavy atom. The predicted molar refractivity (Wildman–Crippen MR) is 110 cm³/mol. The van der Waals surface area contributed by atoms with Crippen LogP contribution in [0.25, 0.3) is 10.9 Å². The van der Waals surface area contributed by atoms with Crippen LogP contribution in [0, 0.1) is 11.3 Å². The third-order valence-electron chi connectivity index (χ3n) is 5.62. The number of rotatable bonds is 6. The van der Waals surface area contributed by atoms with E-state index in [2.05, 4.69) is 57.4 Å². The Morgan fingerprint density at radius 3 is 2.30 bits per heavy atom. The Bertz CT molecular complexity index is 914. The van der Waals surface area contributed by atoms with Crippen molar-refractivity contribution in [2.24, 2.45) is 0 Å². The topological polar surface area (TPSA) is 46.1 Å². The molecule has 1 aromatic heterocycles. The molecule has 4 heteroatoms. The SMILES string of the molecule is N#Cc1ccc2[nH]cc(CCN3CCN(CCc4ccccc4)CC3)c2c1. The van der Waals surface area contributed by atoms with Crippen LogP contribution in [-0.4, -0.2) is 54.1 Å². The second-order valence-electron chi connectivity index (χ2n) is 7.35. The first kappa shape index (κ1) is 17.8. The number of aromatic amines is 1. The number of aromatic nitrogens is 1. The smallest absolute Gasteiger partial charge is 0.0991 e. The number of H-pyrrole nitrogens is 1. The molecule has 1 aliphatic heterocycles. The van der Waals surface area contributed by atoms with Gasteiger partial charge in [-0.1, -0.05) is 30.3 Å². The highest BCUT2D eigenvalue weighted by Gasteiger charge is 2.17. The molecule has 3 aromatic rings. The standard InChI is InChI=1S/C23H26N4/c24-17-20-6-7-23-22(16-20)21(18-25-23)9-11-27-14-12-26(13-15-27)10-8-19-4-2-1-3-5-19/h1-7,16,18,25H,8-15H2. The number of hydrogen-bond donors (Lipinski definition) is 1. The molecule has 1 aliphatic rings. The van der Waals surface area contributed by atoms with E-state index in [-0.39, 0.29) is 0 Å². The highest BCUT2D eigenvalue weighted by Crippen LogP contribution is 2.20. The molecule has 0 spiro atoms. The Kier molecular flexibility index (Phi) is 5.53. The van der Waals surface area contributed by atoms with Gasteiger partial charge in [-0.3, -0.25) is 0 Å². The molecule has 1 N–H and O–H groups in total. The molecule has 2 heterocycles. The molecule has 4 rings (SSSR count). The maximum Gasteiger partial charge on any atom is 0.0991 e. The van der Waals surface area contributed by atoms with Crippen molar-refractivity contribution in [1.82, 2.24) is 14.8 Å². The maximum absolute atomic E-state index is 9.13. The lowest BCUT2D eigenvalue weighted by Crippen LogP contribution is -2.47. The van der Waals surface area contributed by atoms with Gasteiger partial charge < -0.3 is 14.8 Å². The van der Waals surface area contributed by atoms with Gasteiger partial charge in [0.25, 0.3) is 0 Å². The molecule has 0 atom stereocenters. The van der Waals surface area contributed by atoms with Crippen molar-refractivity contribution >= 4 is 10.9 Å². The molecule has 27 heavy (non-hydrogen) atoms. The van der Waals surface area contributed by atoms with E-state index in [9.17, 15) is 0 Å². The fraction of sp³-hybridized carbons (Fsp3) is 0.348. The lowest BCUT2D eigenvalue weighted by atomic mass is 10.1. The van der Waals surface area contributed by atoms with Gasteiger partial charge in [-0.2, -0.15) is 5.26 Å². The second kappa shape index (κ2) is 8.39. The molecule has 0 unspecified atom stereocenters. The van der Waals surface area contributed by atoms with E-state index in [1.165, 1.54) is 16.5 Å². The van der Waals surface area contributed by atoms with Crippen molar-refractivity contribution in [3.8, 4) is 6.07 Å². The summed E-state index contributed by atoms with van der Waals surface area (Å²) in [6, 6.07) is 18.9. The van der Waals surface area contributed by atoms with Crippen LogP contribution in [0.5, 0.6) is 0 Å². The minimum atomic E-state index is 0.732. The summed E-state index contributed by atoms with van der Waals surface area (Å²) in [5.74, 6) is 0. The van der Waals surface area contributed by atoms with E-state index in [0.29, 0.717) is 0 Å². The predicted octanol–water partition coefficient (Wildman–Crippen LogP) is 3.44. The minimum Gasteiger partial charge on any atom is -0.361 e. The maximum atomic E-state index is 9.13. The first-order valence-corrected chi connectivity index (χ1v) is 9.80. The zero-order chi connectivity index (χ0) is 18.5. The lowest BCUT2D eigenvalue weighted by Gasteiger charge is -2.34. The van der Waals surface area contributed by atoms with Crippen molar-refractivity contribution in [3.63, 3.8) is 0 Å². The van der Waals surface area contributed by atoms with Crippen molar-refractivity contribution in [1.29, 1.82) is 5.26 Å². The molecule has 0 radical (unpaired) electrons. The van der Waals surface area contributed by atoms with E-state index >= 15 is 0 Å². The van der Waals surface area contributed by atoms with E-state index < -0.39 is 0 Å². The van der Waals surface area contributed by atoms with Crippen molar-refractivity contribution in [2.75, 3.05) is 39.3 Å². The molecule has 138 valence electrons. The number of nitriles is 1. The largest absolute Gasteiger partial charge is 0.361 e. The number of benzene rings is 2. The average Bonchev–Trinajstić information content (AvgIpc) is 3.14. The Hall–Kier alpha value is -2.61. The monoisotopic (exact) mass is 358 g/mol. The summed E-state index contributed by atoms with van der Waals surface area (Å²) in [5, 5.41) is 10.3. The minimum absolute atomic E-state index is 0.732. The van der Waals surface area contributed by atoms with Gasteiger partial charge in [0.1, 0.15) is 0 Å². The van der Waals surface area contributed by atoms with E-state index in [1.54, 1.807) is 0 Å². The van der Waals surface area contributed by atoms with Crippen LogP contribution in [0.1, 0.15) is 16.7 Å². The van der Waals surface area contributed by atoms with E-state index in [1.807, 2.05) is 18.2 Å². The fourth-order valence-corrected chi connectivity index (χ4v) is 3.90. The van der Waals surface area contributed by atoms with Gasteiger partial charge in [0.15, 0.2) is 0 Å². The van der Waals surface area contributed by atoms with Crippen LogP contribution in [-0.2, 0) is 12.8 Å². The second-order valence-corrected chi connectivity index (χ2v) is 7.35. The molecule has 1 saturated heterocycles.